The van der Waals surface area contributed by atoms with E-state index in [0.29, 0.717) is 11.3 Å². The molecule has 96 valence electrons. The number of benzene rings is 1. The summed E-state index contributed by atoms with van der Waals surface area (Å²) in [6.45, 7) is 0. The Morgan fingerprint density at radius 2 is 1.89 bits per heavy atom. The van der Waals surface area contributed by atoms with Crippen molar-refractivity contribution in [1.82, 2.24) is 0 Å². The highest BCUT2D eigenvalue weighted by molar-refractivity contribution is 5.92. The number of carbonyl (C=O) groups is 2. The van der Waals surface area contributed by atoms with Crippen LogP contribution in [-0.2, 0) is 4.79 Å². The summed E-state index contributed by atoms with van der Waals surface area (Å²) in [6.07, 6.45) is 2.48. The third-order valence-electron chi connectivity index (χ3n) is 3.21. The molecule has 0 bridgehead atoms. The molecule has 0 saturated heterocycles. The second-order valence-electron chi connectivity index (χ2n) is 4.60. The fourth-order valence-corrected chi connectivity index (χ4v) is 2.10. The molecule has 5 nitrogen and oxygen atoms in total. The van der Waals surface area contributed by atoms with E-state index in [1.807, 2.05) is 0 Å². The summed E-state index contributed by atoms with van der Waals surface area (Å²) in [7, 11) is 0. The minimum Gasteiger partial charge on any atom is -0.487 e. The van der Waals surface area contributed by atoms with Gasteiger partial charge in [-0.25, -0.2) is 0 Å². The van der Waals surface area contributed by atoms with Crippen molar-refractivity contribution in [3.63, 3.8) is 0 Å². The van der Waals surface area contributed by atoms with Gasteiger partial charge in [0.15, 0.2) is 0 Å². The molecule has 1 aromatic carbocycles. The van der Waals surface area contributed by atoms with Gasteiger partial charge in [0.2, 0.25) is 5.91 Å². The zero-order valence-electron chi connectivity index (χ0n) is 9.89. The van der Waals surface area contributed by atoms with Gasteiger partial charge in [-0.3, -0.25) is 9.59 Å². The lowest BCUT2D eigenvalue weighted by Gasteiger charge is -2.40. The summed E-state index contributed by atoms with van der Waals surface area (Å²) in [5.41, 5.74) is 4.96. The Bertz CT molecular complexity index is 462. The van der Waals surface area contributed by atoms with Crippen molar-refractivity contribution in [2.45, 2.75) is 31.3 Å². The van der Waals surface area contributed by atoms with Crippen molar-refractivity contribution in [3.8, 4) is 5.75 Å². The van der Waals surface area contributed by atoms with Crippen molar-refractivity contribution in [3.05, 3.63) is 29.8 Å². The van der Waals surface area contributed by atoms with Crippen molar-refractivity contribution < 1.29 is 19.4 Å². The average Bonchev–Trinajstić information content (AvgIpc) is 2.26. The smallest absolute Gasteiger partial charge is 0.307 e. The van der Waals surface area contributed by atoms with Crippen LogP contribution < -0.4 is 10.5 Å². The van der Waals surface area contributed by atoms with E-state index in [9.17, 15) is 9.59 Å². The minimum absolute atomic E-state index is 0.00453. The third-order valence-corrected chi connectivity index (χ3v) is 3.21. The van der Waals surface area contributed by atoms with Gasteiger partial charge < -0.3 is 15.6 Å². The van der Waals surface area contributed by atoms with Crippen LogP contribution in [-0.4, -0.2) is 22.6 Å². The molecule has 1 aliphatic rings. The molecule has 0 atom stereocenters. The first-order valence-corrected chi connectivity index (χ1v) is 5.81. The molecular weight excluding hydrogens is 234 g/mol. The van der Waals surface area contributed by atoms with Crippen LogP contribution >= 0.6 is 0 Å². The number of carboxylic acids is 1. The Morgan fingerprint density at radius 1 is 1.28 bits per heavy atom. The number of rotatable bonds is 5. The van der Waals surface area contributed by atoms with Gasteiger partial charge in [-0.05, 0) is 43.5 Å². The van der Waals surface area contributed by atoms with E-state index >= 15 is 0 Å². The second-order valence-corrected chi connectivity index (χ2v) is 4.60. The van der Waals surface area contributed by atoms with E-state index in [-0.39, 0.29) is 6.42 Å². The Morgan fingerprint density at radius 3 is 2.28 bits per heavy atom. The molecule has 0 aliphatic heterocycles. The largest absolute Gasteiger partial charge is 0.487 e. The zero-order chi connectivity index (χ0) is 13.2. The number of carbonyl (C=O) groups excluding carboxylic acids is 1. The Kier molecular flexibility index (Phi) is 3.23. The van der Waals surface area contributed by atoms with E-state index in [1.54, 1.807) is 24.3 Å². The third kappa shape index (κ3) is 2.61. The van der Waals surface area contributed by atoms with Gasteiger partial charge in [0.25, 0.3) is 0 Å². The molecular formula is C13H15NO4. The summed E-state index contributed by atoms with van der Waals surface area (Å²) >= 11 is 0. The number of carboxylic acid groups (broad SMARTS) is 1. The predicted octanol–water partition coefficient (Wildman–Crippen LogP) is 1.56. The van der Waals surface area contributed by atoms with E-state index in [1.165, 1.54) is 0 Å². The first-order chi connectivity index (χ1) is 8.51. The van der Waals surface area contributed by atoms with Crippen molar-refractivity contribution in [2.24, 2.45) is 5.73 Å². The standard InChI is InChI=1S/C13H15NO4/c14-12(17)9-2-4-10(5-3-9)18-13(6-1-7-13)8-11(15)16/h2-5H,1,6-8H2,(H2,14,17)(H,15,16). The highest BCUT2D eigenvalue weighted by Gasteiger charge is 2.41. The average molecular weight is 249 g/mol. The van der Waals surface area contributed by atoms with Gasteiger partial charge in [0.05, 0.1) is 6.42 Å². The summed E-state index contributed by atoms with van der Waals surface area (Å²) in [5, 5.41) is 8.87. The molecule has 0 radical (unpaired) electrons. The molecule has 0 heterocycles. The van der Waals surface area contributed by atoms with Crippen molar-refractivity contribution in [2.75, 3.05) is 0 Å². The molecule has 18 heavy (non-hydrogen) atoms. The SMILES string of the molecule is NC(=O)c1ccc(OC2(CC(=O)O)CCC2)cc1. The van der Waals surface area contributed by atoms with Crippen LogP contribution in [0.5, 0.6) is 5.75 Å². The Balaban J connectivity index is 2.08. The molecule has 5 heteroatoms. The first kappa shape index (κ1) is 12.4. The monoisotopic (exact) mass is 249 g/mol. The molecule has 1 aromatic rings. The van der Waals surface area contributed by atoms with Crippen molar-refractivity contribution in [1.29, 1.82) is 0 Å². The Labute approximate surface area is 105 Å². The molecule has 1 fully saturated rings. The van der Waals surface area contributed by atoms with Crippen LogP contribution in [0.2, 0.25) is 0 Å². The highest BCUT2D eigenvalue weighted by Crippen LogP contribution is 2.39. The number of hydrogen-bond acceptors (Lipinski definition) is 3. The first-order valence-electron chi connectivity index (χ1n) is 5.81. The molecule has 2 rings (SSSR count). The predicted molar refractivity (Wildman–Crippen MR) is 64.4 cm³/mol. The van der Waals surface area contributed by atoms with Gasteiger partial charge in [0.1, 0.15) is 11.4 Å². The van der Waals surface area contributed by atoms with Crippen LogP contribution in [0.1, 0.15) is 36.0 Å². The quantitative estimate of drug-likeness (QED) is 0.828. The van der Waals surface area contributed by atoms with Crippen LogP contribution in [0.3, 0.4) is 0 Å². The zero-order valence-corrected chi connectivity index (χ0v) is 9.89. The molecule has 0 spiro atoms. The second kappa shape index (κ2) is 4.68. The van der Waals surface area contributed by atoms with Crippen molar-refractivity contribution >= 4 is 11.9 Å². The molecule has 1 amide bonds. The van der Waals surface area contributed by atoms with E-state index in [2.05, 4.69) is 0 Å². The fourth-order valence-electron chi connectivity index (χ4n) is 2.10. The van der Waals surface area contributed by atoms with Crippen LogP contribution in [0.25, 0.3) is 0 Å². The fraction of sp³-hybridized carbons (Fsp3) is 0.385. The lowest BCUT2D eigenvalue weighted by Crippen LogP contribution is -2.45. The summed E-state index contributed by atoms with van der Waals surface area (Å²) in [4.78, 5) is 21.7. The summed E-state index contributed by atoms with van der Waals surface area (Å²) in [5.74, 6) is -0.783. The lowest BCUT2D eigenvalue weighted by atomic mass is 9.77. The van der Waals surface area contributed by atoms with E-state index < -0.39 is 17.5 Å². The summed E-state index contributed by atoms with van der Waals surface area (Å²) in [6, 6.07) is 6.43. The molecule has 1 aliphatic carbocycles. The van der Waals surface area contributed by atoms with Gasteiger partial charge in [-0.2, -0.15) is 0 Å². The Hall–Kier alpha value is -2.04. The number of primary amides is 1. The molecule has 0 unspecified atom stereocenters. The molecule has 3 N–H and O–H groups in total. The maximum Gasteiger partial charge on any atom is 0.307 e. The normalized spacial score (nSPS) is 16.7. The summed E-state index contributed by atoms with van der Waals surface area (Å²) < 4.78 is 5.75. The highest BCUT2D eigenvalue weighted by atomic mass is 16.5. The molecule has 1 saturated carbocycles. The van der Waals surface area contributed by atoms with Crippen LogP contribution in [0.4, 0.5) is 0 Å². The number of amides is 1. The number of ether oxygens (including phenoxy) is 1. The van der Waals surface area contributed by atoms with Crippen LogP contribution in [0.15, 0.2) is 24.3 Å². The van der Waals surface area contributed by atoms with E-state index in [0.717, 1.165) is 19.3 Å². The van der Waals surface area contributed by atoms with Gasteiger partial charge >= 0.3 is 5.97 Å². The molecule has 0 aromatic heterocycles. The number of aliphatic carboxylic acids is 1. The minimum atomic E-state index is -0.858. The van der Waals surface area contributed by atoms with E-state index in [4.69, 9.17) is 15.6 Å². The van der Waals surface area contributed by atoms with Gasteiger partial charge in [-0.15, -0.1) is 0 Å². The van der Waals surface area contributed by atoms with Gasteiger partial charge in [0, 0.05) is 5.56 Å². The number of nitrogens with two attached hydrogens (primary N) is 1. The van der Waals surface area contributed by atoms with Crippen LogP contribution in [0, 0.1) is 0 Å². The van der Waals surface area contributed by atoms with Gasteiger partial charge in [-0.1, -0.05) is 0 Å². The number of hydrogen-bond donors (Lipinski definition) is 2. The topological polar surface area (TPSA) is 89.6 Å². The maximum absolute atomic E-state index is 10.9. The maximum atomic E-state index is 10.9. The lowest BCUT2D eigenvalue weighted by molar-refractivity contribution is -0.144.